The topological polar surface area (TPSA) is 59.1 Å². The molecule has 0 saturated carbocycles. The molecule has 0 fully saturated rings. The van der Waals surface area contributed by atoms with Gasteiger partial charge in [-0.3, -0.25) is 5.41 Å². The summed E-state index contributed by atoms with van der Waals surface area (Å²) >= 11 is 5.91. The highest BCUT2D eigenvalue weighted by atomic mass is 35.5. The van der Waals surface area contributed by atoms with Crippen molar-refractivity contribution in [1.29, 1.82) is 5.41 Å². The van der Waals surface area contributed by atoms with Gasteiger partial charge in [-0.1, -0.05) is 23.7 Å². The molecule has 0 atom stereocenters. The van der Waals surface area contributed by atoms with Crippen LogP contribution in [0.15, 0.2) is 42.5 Å². The fourth-order valence-electron chi connectivity index (χ4n) is 1.82. The number of aryl methyl sites for hydroxylation is 1. The molecule has 4 heteroatoms. The lowest BCUT2D eigenvalue weighted by Gasteiger charge is -2.09. The molecular formula is C15H15ClN2O. The highest BCUT2D eigenvalue weighted by Gasteiger charge is 2.03. The minimum Gasteiger partial charge on any atom is -0.489 e. The first-order valence-corrected chi connectivity index (χ1v) is 6.26. The van der Waals surface area contributed by atoms with Crippen molar-refractivity contribution in [2.45, 2.75) is 13.5 Å². The second kappa shape index (κ2) is 5.76. The first-order chi connectivity index (χ1) is 9.06. The maximum absolute atomic E-state index is 7.43. The SMILES string of the molecule is Cc1cc(OCc2cccc(Cl)c2)ccc1C(=N)N. The van der Waals surface area contributed by atoms with E-state index < -0.39 is 0 Å². The first-order valence-electron chi connectivity index (χ1n) is 5.88. The molecule has 98 valence electrons. The van der Waals surface area contributed by atoms with Crippen LogP contribution in [0.3, 0.4) is 0 Å². The van der Waals surface area contributed by atoms with Crippen LogP contribution in [-0.2, 0) is 6.61 Å². The molecule has 0 saturated heterocycles. The Balaban J connectivity index is 2.08. The highest BCUT2D eigenvalue weighted by Crippen LogP contribution is 2.19. The predicted octanol–water partition coefficient (Wildman–Crippen LogP) is 3.51. The summed E-state index contributed by atoms with van der Waals surface area (Å²) in [5, 5.41) is 8.13. The summed E-state index contributed by atoms with van der Waals surface area (Å²) in [5.74, 6) is 0.821. The van der Waals surface area contributed by atoms with Gasteiger partial charge in [-0.05, 0) is 48.4 Å². The molecule has 2 aromatic rings. The standard InChI is InChI=1S/C15H15ClN2O/c1-10-7-13(5-6-14(10)15(17)18)19-9-11-3-2-4-12(16)8-11/h2-8H,9H2,1H3,(H3,17,18). The molecule has 0 radical (unpaired) electrons. The van der Waals surface area contributed by atoms with Crippen molar-refractivity contribution < 1.29 is 4.74 Å². The van der Waals surface area contributed by atoms with Gasteiger partial charge in [0.2, 0.25) is 0 Å². The van der Waals surface area contributed by atoms with Gasteiger partial charge >= 0.3 is 0 Å². The van der Waals surface area contributed by atoms with E-state index in [0.29, 0.717) is 11.6 Å². The zero-order valence-electron chi connectivity index (χ0n) is 10.6. The van der Waals surface area contributed by atoms with E-state index in [4.69, 9.17) is 27.5 Å². The predicted molar refractivity (Wildman–Crippen MR) is 78.0 cm³/mol. The lowest BCUT2D eigenvalue weighted by atomic mass is 10.1. The van der Waals surface area contributed by atoms with Crippen LogP contribution in [0.5, 0.6) is 5.75 Å². The van der Waals surface area contributed by atoms with E-state index in [1.165, 1.54) is 0 Å². The third kappa shape index (κ3) is 3.48. The molecule has 3 N–H and O–H groups in total. The molecule has 2 rings (SSSR count). The zero-order valence-corrected chi connectivity index (χ0v) is 11.4. The van der Waals surface area contributed by atoms with Gasteiger partial charge in [0.05, 0.1) is 0 Å². The Morgan fingerprint density at radius 3 is 2.68 bits per heavy atom. The number of nitrogens with two attached hydrogens (primary N) is 1. The molecule has 19 heavy (non-hydrogen) atoms. The number of hydrogen-bond donors (Lipinski definition) is 2. The number of hydrogen-bond acceptors (Lipinski definition) is 2. The minimum atomic E-state index is 0.0684. The van der Waals surface area contributed by atoms with E-state index in [1.807, 2.05) is 43.3 Å². The fraction of sp³-hybridized carbons (Fsp3) is 0.133. The van der Waals surface area contributed by atoms with Crippen molar-refractivity contribution in [1.82, 2.24) is 0 Å². The minimum absolute atomic E-state index is 0.0684. The Morgan fingerprint density at radius 1 is 1.26 bits per heavy atom. The summed E-state index contributed by atoms with van der Waals surface area (Å²) in [7, 11) is 0. The molecule has 0 aliphatic rings. The van der Waals surface area contributed by atoms with Crippen molar-refractivity contribution in [2.24, 2.45) is 5.73 Å². The Hall–Kier alpha value is -2.00. The molecule has 0 aliphatic heterocycles. The van der Waals surface area contributed by atoms with Gasteiger partial charge < -0.3 is 10.5 Å². The van der Waals surface area contributed by atoms with Crippen LogP contribution < -0.4 is 10.5 Å². The molecule has 2 aromatic carbocycles. The smallest absolute Gasteiger partial charge is 0.123 e. The van der Waals surface area contributed by atoms with Crippen molar-refractivity contribution in [3.8, 4) is 5.75 Å². The molecule has 0 aromatic heterocycles. The van der Waals surface area contributed by atoms with E-state index in [0.717, 1.165) is 22.4 Å². The summed E-state index contributed by atoms with van der Waals surface area (Å²) in [4.78, 5) is 0. The third-order valence-electron chi connectivity index (χ3n) is 2.78. The van der Waals surface area contributed by atoms with Crippen molar-refractivity contribution >= 4 is 17.4 Å². The average molecular weight is 275 g/mol. The number of benzene rings is 2. The second-order valence-electron chi connectivity index (χ2n) is 4.31. The van der Waals surface area contributed by atoms with E-state index in [9.17, 15) is 0 Å². The van der Waals surface area contributed by atoms with Gasteiger partial charge in [0.15, 0.2) is 0 Å². The first kappa shape index (κ1) is 13.4. The number of halogens is 1. The van der Waals surface area contributed by atoms with Crippen molar-refractivity contribution in [2.75, 3.05) is 0 Å². The van der Waals surface area contributed by atoms with Gasteiger partial charge in [0.25, 0.3) is 0 Å². The summed E-state index contributed by atoms with van der Waals surface area (Å²) in [6.07, 6.45) is 0. The Morgan fingerprint density at radius 2 is 2.05 bits per heavy atom. The summed E-state index contributed by atoms with van der Waals surface area (Å²) in [6.45, 7) is 2.36. The van der Waals surface area contributed by atoms with Gasteiger partial charge in [0, 0.05) is 10.6 Å². The number of nitrogen functional groups attached to an aromatic ring is 1. The fourth-order valence-corrected chi connectivity index (χ4v) is 2.03. The molecule has 3 nitrogen and oxygen atoms in total. The summed E-state index contributed by atoms with van der Waals surface area (Å²) in [5.41, 5.74) is 8.15. The molecule has 0 unspecified atom stereocenters. The lowest BCUT2D eigenvalue weighted by Crippen LogP contribution is -2.12. The molecule has 0 aliphatic carbocycles. The largest absolute Gasteiger partial charge is 0.489 e. The Bertz CT molecular complexity index is 611. The van der Waals surface area contributed by atoms with Gasteiger partial charge in [-0.15, -0.1) is 0 Å². The number of ether oxygens (including phenoxy) is 1. The quantitative estimate of drug-likeness (QED) is 0.662. The lowest BCUT2D eigenvalue weighted by molar-refractivity contribution is 0.306. The van der Waals surface area contributed by atoms with Crippen molar-refractivity contribution in [3.05, 3.63) is 64.2 Å². The third-order valence-corrected chi connectivity index (χ3v) is 3.02. The van der Waals surface area contributed by atoms with E-state index in [-0.39, 0.29) is 5.84 Å². The number of rotatable bonds is 4. The molecule has 0 bridgehead atoms. The zero-order chi connectivity index (χ0) is 13.8. The molecular weight excluding hydrogens is 260 g/mol. The summed E-state index contributed by atoms with van der Waals surface area (Å²) in [6, 6.07) is 13.0. The maximum Gasteiger partial charge on any atom is 0.123 e. The molecule has 0 amide bonds. The van der Waals surface area contributed by atoms with Gasteiger partial charge in [0.1, 0.15) is 18.2 Å². The Kier molecular flexibility index (Phi) is 4.07. The number of nitrogens with one attached hydrogen (secondary N) is 1. The van der Waals surface area contributed by atoms with Crippen LogP contribution in [-0.4, -0.2) is 5.84 Å². The van der Waals surface area contributed by atoms with Crippen LogP contribution in [0.25, 0.3) is 0 Å². The molecule has 0 spiro atoms. The number of amidine groups is 1. The van der Waals surface area contributed by atoms with Crippen LogP contribution in [0.1, 0.15) is 16.7 Å². The monoisotopic (exact) mass is 274 g/mol. The normalized spacial score (nSPS) is 10.2. The van der Waals surface area contributed by atoms with E-state index in [2.05, 4.69) is 0 Å². The van der Waals surface area contributed by atoms with Crippen LogP contribution in [0.2, 0.25) is 5.02 Å². The van der Waals surface area contributed by atoms with E-state index >= 15 is 0 Å². The summed E-state index contributed by atoms with van der Waals surface area (Å²) < 4.78 is 5.69. The van der Waals surface area contributed by atoms with E-state index in [1.54, 1.807) is 6.07 Å². The molecule has 0 heterocycles. The highest BCUT2D eigenvalue weighted by molar-refractivity contribution is 6.30. The maximum atomic E-state index is 7.43. The van der Waals surface area contributed by atoms with Gasteiger partial charge in [-0.25, -0.2) is 0 Å². The van der Waals surface area contributed by atoms with Crippen LogP contribution >= 0.6 is 11.6 Å². The Labute approximate surface area is 117 Å². The van der Waals surface area contributed by atoms with Gasteiger partial charge in [-0.2, -0.15) is 0 Å². The van der Waals surface area contributed by atoms with Crippen molar-refractivity contribution in [3.63, 3.8) is 0 Å². The second-order valence-corrected chi connectivity index (χ2v) is 4.75. The average Bonchev–Trinajstić information content (AvgIpc) is 2.36. The van der Waals surface area contributed by atoms with Crippen LogP contribution in [0.4, 0.5) is 0 Å². The van der Waals surface area contributed by atoms with Crippen LogP contribution in [0, 0.1) is 12.3 Å².